The summed E-state index contributed by atoms with van der Waals surface area (Å²) in [6, 6.07) is 8.74. The smallest absolute Gasteiger partial charge is 0.0273 e. The largest absolute Gasteiger partial charge is 0.0620 e. The Labute approximate surface area is 131 Å². The van der Waals surface area contributed by atoms with Crippen LogP contribution in [0.1, 0.15) is 17.5 Å². The van der Waals surface area contributed by atoms with Gasteiger partial charge in [-0.1, -0.05) is 24.3 Å². The molecule has 0 aliphatic heterocycles. The molecule has 0 radical (unpaired) electrons. The second-order valence-corrected chi connectivity index (χ2v) is 2.62. The van der Waals surface area contributed by atoms with Gasteiger partial charge >= 0.3 is 65.4 Å². The Bertz CT molecular complexity index is 211. The fraction of sp³-hybridized carbons (Fsp3) is 0.333. The van der Waals surface area contributed by atoms with Crippen molar-refractivity contribution < 1.29 is 0 Å². The average molecular weight is 416 g/mol. The molecule has 1 aromatic rings. The zero-order chi connectivity index (χ0) is 6.10. The van der Waals surface area contributed by atoms with E-state index in [2.05, 4.69) is 24.3 Å². The third-order valence-corrected chi connectivity index (χ3v) is 2.01. The predicted molar refractivity (Wildman–Crippen MR) is 78.3 cm³/mol. The Balaban J connectivity index is -0.0000001000. The first kappa shape index (κ1) is 24.5. The van der Waals surface area contributed by atoms with Crippen LogP contribution in [0.2, 0.25) is 0 Å². The summed E-state index contributed by atoms with van der Waals surface area (Å²) in [4.78, 5) is 0. The van der Waals surface area contributed by atoms with Crippen molar-refractivity contribution in [1.82, 2.24) is 12.3 Å². The molecule has 2 rings (SSSR count). The summed E-state index contributed by atoms with van der Waals surface area (Å²) in [6.07, 6.45) is 3.96. The molecule has 1 aliphatic rings. The Morgan fingerprint density at radius 3 is 1.50 bits per heavy atom. The van der Waals surface area contributed by atoms with E-state index in [4.69, 9.17) is 0 Å². The Morgan fingerprint density at radius 2 is 1.14 bits per heavy atom. The minimum absolute atomic E-state index is 0. The standard InChI is InChI=1S/C9H10.2Ga.In.2H3N.9H/c1-2-5-9-7-3-6-8(9)4-1;;;;;;;;;;;;;;/h1-2,4-5H,3,6-7H2;;;;2*1H3;;;;;;;;;. The van der Waals surface area contributed by atoms with Crippen molar-refractivity contribution in [2.45, 2.75) is 19.3 Å². The van der Waals surface area contributed by atoms with Crippen LogP contribution >= 0.6 is 0 Å². The van der Waals surface area contributed by atoms with E-state index < -0.39 is 0 Å². The van der Waals surface area contributed by atoms with E-state index in [9.17, 15) is 0 Å². The number of hydrogen-bond donors (Lipinski definition) is 2. The van der Waals surface area contributed by atoms with E-state index in [1.807, 2.05) is 0 Å². The van der Waals surface area contributed by atoms with Crippen LogP contribution < -0.4 is 12.3 Å². The van der Waals surface area contributed by atoms with Gasteiger partial charge in [0.2, 0.25) is 0 Å². The molecule has 2 nitrogen and oxygen atoms in total. The van der Waals surface area contributed by atoms with E-state index in [1.165, 1.54) is 19.3 Å². The van der Waals surface area contributed by atoms with Crippen LogP contribution in [0.3, 0.4) is 0 Å². The third-order valence-electron chi connectivity index (χ3n) is 2.01. The molecule has 1 aromatic carbocycles. The first-order valence-electron chi connectivity index (χ1n) is 3.53. The maximum absolute atomic E-state index is 2.24. The van der Waals surface area contributed by atoms with Gasteiger partial charge in [-0.2, -0.15) is 0 Å². The first-order chi connectivity index (χ1) is 4.47. The van der Waals surface area contributed by atoms with Gasteiger partial charge < -0.3 is 12.3 Å². The summed E-state index contributed by atoms with van der Waals surface area (Å²) >= 11 is 0. The normalized spacial score (nSPS) is 10.0. The van der Waals surface area contributed by atoms with E-state index in [1.54, 1.807) is 11.1 Å². The van der Waals surface area contributed by atoms with Crippen molar-refractivity contribution in [3.63, 3.8) is 0 Å². The topological polar surface area (TPSA) is 70.0 Å². The average Bonchev–Trinajstić information content (AvgIpc) is 2.33. The van der Waals surface area contributed by atoms with Crippen LogP contribution in [0.15, 0.2) is 24.3 Å². The fourth-order valence-electron chi connectivity index (χ4n) is 1.51. The van der Waals surface area contributed by atoms with Gasteiger partial charge in [0.1, 0.15) is 0 Å². The molecule has 0 bridgehead atoms. The second-order valence-electron chi connectivity index (χ2n) is 2.62. The molecule has 0 saturated heterocycles. The maximum atomic E-state index is 2.24. The number of hydrogen-bond acceptors (Lipinski definition) is 2. The van der Waals surface area contributed by atoms with E-state index in [0.717, 1.165) is 0 Å². The number of aryl methyl sites for hydroxylation is 2. The quantitative estimate of drug-likeness (QED) is 0.531. The van der Waals surface area contributed by atoms with Crippen molar-refractivity contribution in [2.24, 2.45) is 0 Å². The SMILES string of the molecule is N.N.[GaH3].[GaH3].[InH3].c1ccc2c(c1)CCC2. The van der Waals surface area contributed by atoms with Gasteiger partial charge in [-0.3, -0.25) is 0 Å². The summed E-state index contributed by atoms with van der Waals surface area (Å²) in [6.45, 7) is 0. The molecule has 6 N–H and O–H groups in total. The Hall–Kier alpha value is 1.28. The molecule has 0 heterocycles. The zero-order valence-corrected chi connectivity index (χ0v) is 6.84. The van der Waals surface area contributed by atoms with Crippen LogP contribution in [-0.2, 0) is 12.8 Å². The summed E-state index contributed by atoms with van der Waals surface area (Å²) in [5, 5.41) is 0. The van der Waals surface area contributed by atoms with Crippen molar-refractivity contribution >= 4 is 65.4 Å². The van der Waals surface area contributed by atoms with E-state index in [0.29, 0.717) is 0 Å². The van der Waals surface area contributed by atoms with Gasteiger partial charge in [0.25, 0.3) is 0 Å². The summed E-state index contributed by atoms with van der Waals surface area (Å²) in [7, 11) is 0. The van der Waals surface area contributed by atoms with Gasteiger partial charge in [-0.05, 0) is 30.4 Å². The van der Waals surface area contributed by atoms with Gasteiger partial charge in [-0.15, -0.1) is 0 Å². The van der Waals surface area contributed by atoms with Crippen molar-refractivity contribution in [3.05, 3.63) is 35.4 Å². The number of rotatable bonds is 0. The van der Waals surface area contributed by atoms with Crippen LogP contribution in [0.5, 0.6) is 0 Å². The minimum atomic E-state index is 0. The Kier molecular flexibility index (Phi) is 21.6. The third kappa shape index (κ3) is 6.00. The molecule has 0 fully saturated rings. The minimum Gasteiger partial charge on any atom is -0.0620 e. The molecule has 0 unspecified atom stereocenters. The fourth-order valence-corrected chi connectivity index (χ4v) is 1.51. The van der Waals surface area contributed by atoms with E-state index >= 15 is 0 Å². The van der Waals surface area contributed by atoms with Gasteiger partial charge in [0.15, 0.2) is 0 Å². The molecule has 0 spiro atoms. The zero-order valence-electron chi connectivity index (χ0n) is 6.84. The molecular weight excluding hydrogens is 390 g/mol. The van der Waals surface area contributed by atoms with Crippen LogP contribution in [0.25, 0.3) is 0 Å². The van der Waals surface area contributed by atoms with Crippen LogP contribution in [0.4, 0.5) is 0 Å². The van der Waals surface area contributed by atoms with E-state index in [-0.39, 0.29) is 77.7 Å². The molecule has 0 amide bonds. The molecule has 5 heteroatoms. The molecule has 80 valence electrons. The van der Waals surface area contributed by atoms with Gasteiger partial charge in [-0.25, -0.2) is 0 Å². The Morgan fingerprint density at radius 1 is 0.786 bits per heavy atom. The molecule has 0 saturated carbocycles. The van der Waals surface area contributed by atoms with Crippen molar-refractivity contribution in [3.8, 4) is 0 Å². The molecule has 0 aromatic heterocycles. The number of fused-ring (bicyclic) bond motifs is 1. The summed E-state index contributed by atoms with van der Waals surface area (Å²) < 4.78 is 0. The van der Waals surface area contributed by atoms with Crippen LogP contribution in [-0.4, -0.2) is 65.4 Å². The molecule has 0 atom stereocenters. The summed E-state index contributed by atoms with van der Waals surface area (Å²) in [5.41, 5.74) is 3.13. The predicted octanol–water partition coefficient (Wildman–Crippen LogP) is -1.05. The number of benzene rings is 1. The summed E-state index contributed by atoms with van der Waals surface area (Å²) in [5.74, 6) is 0. The van der Waals surface area contributed by atoms with Crippen molar-refractivity contribution in [1.29, 1.82) is 0 Å². The molecule has 14 heavy (non-hydrogen) atoms. The second kappa shape index (κ2) is 12.4. The monoisotopic (exact) mass is 414 g/mol. The van der Waals surface area contributed by atoms with Gasteiger partial charge in [0.05, 0.1) is 0 Å². The van der Waals surface area contributed by atoms with Crippen molar-refractivity contribution in [2.75, 3.05) is 0 Å². The van der Waals surface area contributed by atoms with Gasteiger partial charge in [0, 0.05) is 0 Å². The van der Waals surface area contributed by atoms with Crippen LogP contribution in [0, 0.1) is 0 Å². The molecular formula is C9H25Ga2InN2. The maximum Gasteiger partial charge on any atom is -0.0273 e. The molecule has 1 aliphatic carbocycles. The first-order valence-corrected chi connectivity index (χ1v) is 3.53.